The number of hydrogen-bond acceptors (Lipinski definition) is 3. The minimum Gasteiger partial charge on any atom is -0.352 e. The van der Waals surface area contributed by atoms with Crippen molar-refractivity contribution >= 4 is 11.8 Å². The van der Waals surface area contributed by atoms with Crippen LogP contribution in [0.25, 0.3) is 0 Å². The van der Waals surface area contributed by atoms with Gasteiger partial charge in [0, 0.05) is 32.1 Å². The summed E-state index contributed by atoms with van der Waals surface area (Å²) in [4.78, 5) is 25.7. The van der Waals surface area contributed by atoms with Gasteiger partial charge in [0.15, 0.2) is 0 Å². The molecule has 5 heteroatoms. The van der Waals surface area contributed by atoms with Gasteiger partial charge in [0.25, 0.3) is 0 Å². The first kappa shape index (κ1) is 14.8. The lowest BCUT2D eigenvalue weighted by Gasteiger charge is -2.40. The van der Waals surface area contributed by atoms with Crippen molar-refractivity contribution < 1.29 is 9.59 Å². The number of piperidine rings is 1. The molecule has 3 rings (SSSR count). The Morgan fingerprint density at radius 1 is 1.10 bits per heavy atom. The number of amides is 2. The van der Waals surface area contributed by atoms with Crippen molar-refractivity contribution in [2.75, 3.05) is 13.1 Å². The van der Waals surface area contributed by atoms with Gasteiger partial charge >= 0.3 is 0 Å². The van der Waals surface area contributed by atoms with Gasteiger partial charge in [-0.15, -0.1) is 0 Å². The van der Waals surface area contributed by atoms with E-state index in [-0.39, 0.29) is 23.9 Å². The van der Waals surface area contributed by atoms with Crippen LogP contribution >= 0.6 is 0 Å². The first-order valence-electron chi connectivity index (χ1n) is 8.45. The molecule has 0 aromatic carbocycles. The van der Waals surface area contributed by atoms with Gasteiger partial charge in [0.05, 0.1) is 6.04 Å². The summed E-state index contributed by atoms with van der Waals surface area (Å²) in [5.74, 6) is 1.02. The Bertz CT molecular complexity index is 412. The van der Waals surface area contributed by atoms with E-state index in [1.165, 1.54) is 39.0 Å². The van der Waals surface area contributed by atoms with E-state index < -0.39 is 0 Å². The fraction of sp³-hybridized carbons (Fsp3) is 0.875. The highest BCUT2D eigenvalue weighted by atomic mass is 16.2. The first-order chi connectivity index (χ1) is 10.1. The van der Waals surface area contributed by atoms with E-state index in [0.29, 0.717) is 12.6 Å². The highest BCUT2D eigenvalue weighted by molar-refractivity contribution is 5.82. The number of hydrogen-bond donors (Lipinski definition) is 2. The van der Waals surface area contributed by atoms with Crippen molar-refractivity contribution in [3.8, 4) is 0 Å². The summed E-state index contributed by atoms with van der Waals surface area (Å²) in [6.07, 6.45) is 8.24. The predicted octanol–water partition coefficient (Wildman–Crippen LogP) is 1.03. The first-order valence-corrected chi connectivity index (χ1v) is 8.45. The second-order valence-corrected chi connectivity index (χ2v) is 6.92. The Morgan fingerprint density at radius 2 is 1.90 bits per heavy atom. The molecule has 2 heterocycles. The van der Waals surface area contributed by atoms with Crippen LogP contribution in [0.5, 0.6) is 0 Å². The smallest absolute Gasteiger partial charge is 0.239 e. The zero-order valence-corrected chi connectivity index (χ0v) is 12.9. The van der Waals surface area contributed by atoms with E-state index in [0.717, 1.165) is 25.3 Å². The fourth-order valence-corrected chi connectivity index (χ4v) is 4.28. The monoisotopic (exact) mass is 293 g/mol. The van der Waals surface area contributed by atoms with Crippen LogP contribution in [0.15, 0.2) is 0 Å². The normalized spacial score (nSPS) is 36.1. The summed E-state index contributed by atoms with van der Waals surface area (Å²) in [6.45, 7) is 2.98. The molecule has 0 aromatic rings. The molecule has 4 atom stereocenters. The molecule has 5 nitrogen and oxygen atoms in total. The van der Waals surface area contributed by atoms with Crippen LogP contribution in [0.4, 0.5) is 0 Å². The van der Waals surface area contributed by atoms with Gasteiger partial charge in [-0.05, 0) is 38.0 Å². The molecule has 2 amide bonds. The number of likely N-dealkylation sites (tertiary alicyclic amines) is 1. The molecule has 2 aliphatic heterocycles. The third-order valence-corrected chi connectivity index (χ3v) is 5.36. The van der Waals surface area contributed by atoms with Crippen LogP contribution in [0.2, 0.25) is 0 Å². The summed E-state index contributed by atoms with van der Waals surface area (Å²) in [7, 11) is 0. The maximum Gasteiger partial charge on any atom is 0.239 e. The number of nitrogens with one attached hydrogen (secondary N) is 2. The number of fused-ring (bicyclic) bond motifs is 1. The lowest BCUT2D eigenvalue weighted by atomic mass is 9.77. The predicted molar refractivity (Wildman–Crippen MR) is 80.7 cm³/mol. The van der Waals surface area contributed by atoms with Crippen LogP contribution in [0.3, 0.4) is 0 Å². The Hall–Kier alpha value is -1.10. The van der Waals surface area contributed by atoms with Gasteiger partial charge in [0.1, 0.15) is 0 Å². The van der Waals surface area contributed by atoms with Crippen molar-refractivity contribution in [3.05, 3.63) is 0 Å². The third kappa shape index (κ3) is 3.39. The van der Waals surface area contributed by atoms with E-state index >= 15 is 0 Å². The zero-order chi connectivity index (χ0) is 14.8. The van der Waals surface area contributed by atoms with Gasteiger partial charge in [0.2, 0.25) is 11.8 Å². The van der Waals surface area contributed by atoms with Gasteiger partial charge in [-0.3, -0.25) is 9.59 Å². The van der Waals surface area contributed by atoms with Gasteiger partial charge in [-0.2, -0.15) is 0 Å². The second-order valence-electron chi connectivity index (χ2n) is 6.92. The van der Waals surface area contributed by atoms with E-state index in [2.05, 4.69) is 10.6 Å². The van der Waals surface area contributed by atoms with Crippen LogP contribution in [0.1, 0.15) is 51.9 Å². The Morgan fingerprint density at radius 3 is 2.71 bits per heavy atom. The number of carbonyl (C=O) groups is 2. The van der Waals surface area contributed by atoms with E-state index in [4.69, 9.17) is 0 Å². The molecule has 21 heavy (non-hydrogen) atoms. The second kappa shape index (κ2) is 6.34. The molecule has 1 saturated carbocycles. The van der Waals surface area contributed by atoms with Crippen molar-refractivity contribution in [2.45, 2.75) is 70.0 Å². The molecule has 3 fully saturated rings. The molecule has 118 valence electrons. The summed E-state index contributed by atoms with van der Waals surface area (Å²) in [5, 5.41) is 6.53. The van der Waals surface area contributed by atoms with E-state index in [1.54, 1.807) is 0 Å². The van der Waals surface area contributed by atoms with Gasteiger partial charge < -0.3 is 15.5 Å². The molecule has 2 N–H and O–H groups in total. The molecule has 1 aliphatic carbocycles. The standard InChI is InChI=1S/C16H27N3O2/c1-11(20)17-13-8-9-19(10-13)16(21)15-7-6-12-4-2-3-5-14(12)18-15/h12-15,18H,2-10H2,1H3,(H,17,20). The quantitative estimate of drug-likeness (QED) is 0.799. The molecule has 0 spiro atoms. The molecular formula is C16H27N3O2. The lowest BCUT2D eigenvalue weighted by molar-refractivity contribution is -0.134. The highest BCUT2D eigenvalue weighted by Gasteiger charge is 2.37. The molecule has 0 radical (unpaired) electrons. The topological polar surface area (TPSA) is 61.4 Å². The Balaban J connectivity index is 1.53. The fourth-order valence-electron chi connectivity index (χ4n) is 4.28. The Labute approximate surface area is 126 Å². The summed E-state index contributed by atoms with van der Waals surface area (Å²) in [6, 6.07) is 0.688. The summed E-state index contributed by atoms with van der Waals surface area (Å²) >= 11 is 0. The van der Waals surface area contributed by atoms with Crippen LogP contribution < -0.4 is 10.6 Å². The molecule has 0 aromatic heterocycles. The number of nitrogens with zero attached hydrogens (tertiary/aromatic N) is 1. The minimum absolute atomic E-state index is 0.000396. The average molecular weight is 293 g/mol. The number of rotatable bonds is 2. The van der Waals surface area contributed by atoms with E-state index in [1.807, 2.05) is 4.90 Å². The highest BCUT2D eigenvalue weighted by Crippen LogP contribution is 2.32. The summed E-state index contributed by atoms with van der Waals surface area (Å²) < 4.78 is 0. The maximum atomic E-state index is 12.7. The SMILES string of the molecule is CC(=O)NC1CCN(C(=O)C2CCC3CCCCC3N2)C1. The third-order valence-electron chi connectivity index (χ3n) is 5.36. The lowest BCUT2D eigenvalue weighted by Crippen LogP contribution is -2.55. The largest absolute Gasteiger partial charge is 0.352 e. The van der Waals surface area contributed by atoms with Crippen molar-refractivity contribution in [1.82, 2.24) is 15.5 Å². The average Bonchev–Trinajstić information content (AvgIpc) is 2.93. The van der Waals surface area contributed by atoms with E-state index in [9.17, 15) is 9.59 Å². The zero-order valence-electron chi connectivity index (χ0n) is 12.9. The van der Waals surface area contributed by atoms with Crippen molar-refractivity contribution in [1.29, 1.82) is 0 Å². The Kier molecular flexibility index (Phi) is 4.48. The minimum atomic E-state index is -0.00450. The molecule has 4 unspecified atom stereocenters. The van der Waals surface area contributed by atoms with Crippen molar-refractivity contribution in [2.24, 2.45) is 5.92 Å². The molecular weight excluding hydrogens is 266 g/mol. The van der Waals surface area contributed by atoms with Gasteiger partial charge in [-0.1, -0.05) is 12.8 Å². The van der Waals surface area contributed by atoms with Crippen LogP contribution in [0, 0.1) is 5.92 Å². The number of carbonyl (C=O) groups excluding carboxylic acids is 2. The molecule has 0 bridgehead atoms. The van der Waals surface area contributed by atoms with Gasteiger partial charge in [-0.25, -0.2) is 0 Å². The molecule has 3 aliphatic rings. The van der Waals surface area contributed by atoms with Crippen LogP contribution in [-0.2, 0) is 9.59 Å². The molecule has 2 saturated heterocycles. The summed E-state index contributed by atoms with van der Waals surface area (Å²) in [5.41, 5.74) is 0. The maximum absolute atomic E-state index is 12.7. The van der Waals surface area contributed by atoms with Crippen molar-refractivity contribution in [3.63, 3.8) is 0 Å². The van der Waals surface area contributed by atoms with Crippen LogP contribution in [-0.4, -0.2) is 47.9 Å².